The van der Waals surface area contributed by atoms with Gasteiger partial charge in [-0.1, -0.05) is 44.2 Å². The number of carbonyl (C=O) groups is 1. The van der Waals surface area contributed by atoms with Crippen molar-refractivity contribution in [1.29, 1.82) is 0 Å². The number of hydrogen-bond donors (Lipinski definition) is 1. The van der Waals surface area contributed by atoms with E-state index in [1.165, 1.54) is 0 Å². The third-order valence-corrected chi connectivity index (χ3v) is 8.15. The zero-order chi connectivity index (χ0) is 28.5. The third-order valence-electron chi connectivity index (χ3n) is 8.15. The Morgan fingerprint density at radius 2 is 1.71 bits per heavy atom. The van der Waals surface area contributed by atoms with Crippen LogP contribution in [-0.4, -0.2) is 23.0 Å². The second-order valence-electron chi connectivity index (χ2n) is 11.5. The Labute approximate surface area is 236 Å². The highest BCUT2D eigenvalue weighted by molar-refractivity contribution is 6.04. The minimum absolute atomic E-state index is 0.0527. The minimum atomic E-state index is -0.851. The van der Waals surface area contributed by atoms with Gasteiger partial charge in [-0.3, -0.25) is 9.69 Å². The van der Waals surface area contributed by atoms with Gasteiger partial charge in [0, 0.05) is 34.3 Å². The first-order valence-electron chi connectivity index (χ1n) is 13.6. The van der Waals surface area contributed by atoms with E-state index in [9.17, 15) is 14.7 Å². The molecule has 0 saturated carbocycles. The Balaban J connectivity index is 1.60. The Kier molecular flexibility index (Phi) is 5.54. The number of rotatable bonds is 3. The number of ketones is 1. The summed E-state index contributed by atoms with van der Waals surface area (Å²) >= 11 is 0. The number of aromatic nitrogens is 1. The molecule has 0 fully saturated rings. The largest absolute Gasteiger partial charge is 0.507 e. The number of aromatic hydroxyl groups is 1. The maximum absolute atomic E-state index is 14.1. The average Bonchev–Trinajstić information content (AvgIpc) is 2.95. The van der Waals surface area contributed by atoms with Crippen molar-refractivity contribution in [2.45, 2.75) is 32.6 Å². The molecule has 1 N–H and O–H groups in total. The Hall–Kier alpha value is -4.91. The highest BCUT2D eigenvalue weighted by atomic mass is 16.5. The predicted octanol–water partition coefficient (Wildman–Crippen LogP) is 6.98. The topological polar surface area (TPSA) is 92.9 Å². The molecule has 0 bridgehead atoms. The Morgan fingerprint density at radius 1 is 0.976 bits per heavy atom. The van der Waals surface area contributed by atoms with Crippen molar-refractivity contribution < 1.29 is 19.1 Å². The smallest absolute Gasteiger partial charge is 0.344 e. The van der Waals surface area contributed by atoms with Gasteiger partial charge in [-0.25, -0.2) is 9.78 Å². The van der Waals surface area contributed by atoms with Crippen LogP contribution in [0, 0.1) is 5.41 Å². The second-order valence-corrected chi connectivity index (χ2v) is 11.5. The fraction of sp³-hybridized carbons (Fsp3) is 0.206. The summed E-state index contributed by atoms with van der Waals surface area (Å²) in [6.45, 7) is 4.14. The van der Waals surface area contributed by atoms with Crippen LogP contribution in [0.1, 0.15) is 43.7 Å². The summed E-state index contributed by atoms with van der Waals surface area (Å²) in [5, 5.41) is 12.9. The predicted molar refractivity (Wildman–Crippen MR) is 158 cm³/mol. The molecule has 0 unspecified atom stereocenters. The van der Waals surface area contributed by atoms with Gasteiger partial charge in [-0.15, -0.1) is 0 Å². The third kappa shape index (κ3) is 3.91. The van der Waals surface area contributed by atoms with Gasteiger partial charge in [0.2, 0.25) is 0 Å². The number of allylic oxidation sites excluding steroid dienone is 2. The van der Waals surface area contributed by atoms with Gasteiger partial charge in [0.1, 0.15) is 22.9 Å². The molecule has 1 atom stereocenters. The first kappa shape index (κ1) is 25.1. The van der Waals surface area contributed by atoms with Crippen molar-refractivity contribution in [3.8, 4) is 11.5 Å². The average molecular weight is 545 g/mol. The van der Waals surface area contributed by atoms with E-state index in [-0.39, 0.29) is 28.1 Å². The molecule has 7 heteroatoms. The molecule has 3 aromatic carbocycles. The first-order chi connectivity index (χ1) is 19.8. The van der Waals surface area contributed by atoms with Crippen LogP contribution in [-0.2, 0) is 4.79 Å². The van der Waals surface area contributed by atoms with Crippen LogP contribution in [0.2, 0.25) is 0 Å². The fourth-order valence-corrected chi connectivity index (χ4v) is 6.34. The lowest BCUT2D eigenvalue weighted by atomic mass is 9.68. The van der Waals surface area contributed by atoms with E-state index in [1.54, 1.807) is 31.4 Å². The quantitative estimate of drug-likeness (QED) is 0.245. The molecule has 0 amide bonds. The van der Waals surface area contributed by atoms with Crippen LogP contribution >= 0.6 is 0 Å². The molecule has 0 radical (unpaired) electrons. The zero-order valence-corrected chi connectivity index (χ0v) is 23.0. The second kappa shape index (κ2) is 9.06. The summed E-state index contributed by atoms with van der Waals surface area (Å²) in [5.41, 5.74) is 2.86. The molecule has 0 saturated heterocycles. The molecule has 3 heterocycles. The summed E-state index contributed by atoms with van der Waals surface area (Å²) < 4.78 is 11.1. The van der Waals surface area contributed by atoms with Crippen LogP contribution in [0.25, 0.3) is 21.9 Å². The summed E-state index contributed by atoms with van der Waals surface area (Å²) in [6.07, 6.45) is 0.888. The van der Waals surface area contributed by atoms with Crippen LogP contribution < -0.4 is 15.3 Å². The van der Waals surface area contributed by atoms with E-state index in [0.717, 1.165) is 22.3 Å². The maximum atomic E-state index is 14.1. The molecule has 1 aliphatic carbocycles. The molecule has 0 spiro atoms. The Morgan fingerprint density at radius 3 is 2.49 bits per heavy atom. The van der Waals surface area contributed by atoms with Gasteiger partial charge in [0.15, 0.2) is 5.78 Å². The van der Waals surface area contributed by atoms with E-state index in [2.05, 4.69) is 13.8 Å². The molecule has 41 heavy (non-hydrogen) atoms. The fourth-order valence-electron chi connectivity index (χ4n) is 6.34. The monoisotopic (exact) mass is 544 g/mol. The molecule has 2 aliphatic rings. The van der Waals surface area contributed by atoms with Crippen molar-refractivity contribution >= 4 is 39.2 Å². The number of pyridine rings is 1. The number of para-hydroxylation sites is 2. The van der Waals surface area contributed by atoms with Gasteiger partial charge in [-0.2, -0.15) is 0 Å². The molecule has 204 valence electrons. The van der Waals surface area contributed by atoms with E-state index < -0.39 is 11.5 Å². The molecular formula is C34H28N2O5. The van der Waals surface area contributed by atoms with E-state index in [4.69, 9.17) is 14.1 Å². The van der Waals surface area contributed by atoms with Crippen LogP contribution in [0.3, 0.4) is 0 Å². The minimum Gasteiger partial charge on any atom is -0.507 e. The number of benzene rings is 3. The van der Waals surface area contributed by atoms with Gasteiger partial charge < -0.3 is 14.3 Å². The van der Waals surface area contributed by atoms with Crippen molar-refractivity contribution in [3.05, 3.63) is 112 Å². The van der Waals surface area contributed by atoms with Gasteiger partial charge in [0.05, 0.1) is 29.5 Å². The normalized spacial score (nSPS) is 18.0. The van der Waals surface area contributed by atoms with Gasteiger partial charge in [0.25, 0.3) is 0 Å². The van der Waals surface area contributed by atoms with E-state index >= 15 is 0 Å². The number of Topliss-reactive ketones (excluding diaryl/α,β-unsaturated/α-hetero) is 1. The van der Waals surface area contributed by atoms with Crippen LogP contribution in [0.5, 0.6) is 11.5 Å². The van der Waals surface area contributed by atoms with E-state index in [1.807, 2.05) is 59.5 Å². The molecule has 7 nitrogen and oxygen atoms in total. The summed E-state index contributed by atoms with van der Waals surface area (Å²) in [4.78, 5) is 34.9. The van der Waals surface area contributed by atoms with Crippen molar-refractivity contribution in [3.63, 3.8) is 0 Å². The van der Waals surface area contributed by atoms with Gasteiger partial charge >= 0.3 is 5.63 Å². The molecule has 5 aromatic rings. The SMILES string of the molecule is COc1ccc(N2C3=C(C(=O)CC(C)(C)C3)[C@@H](c3c(O)c4ccccc4oc3=O)c3cc4ccccc4nc32)cc1. The van der Waals surface area contributed by atoms with E-state index in [0.29, 0.717) is 40.9 Å². The molecular weight excluding hydrogens is 516 g/mol. The highest BCUT2D eigenvalue weighted by Gasteiger charge is 2.46. The lowest BCUT2D eigenvalue weighted by Crippen LogP contribution is -2.39. The number of carbonyl (C=O) groups excluding carboxylic acids is 1. The summed E-state index contributed by atoms with van der Waals surface area (Å²) in [5.74, 6) is 0.225. The number of methoxy groups -OCH3 is 1. The zero-order valence-electron chi connectivity index (χ0n) is 23.0. The summed E-state index contributed by atoms with van der Waals surface area (Å²) in [6, 6.07) is 24.3. The number of ether oxygens (including phenoxy) is 1. The van der Waals surface area contributed by atoms with Crippen molar-refractivity contribution in [2.75, 3.05) is 12.0 Å². The Bertz CT molecular complexity index is 1970. The van der Waals surface area contributed by atoms with Crippen LogP contribution in [0.4, 0.5) is 11.5 Å². The maximum Gasteiger partial charge on any atom is 0.344 e. The number of anilines is 2. The highest BCUT2D eigenvalue weighted by Crippen LogP contribution is 2.54. The summed E-state index contributed by atoms with van der Waals surface area (Å²) in [7, 11) is 1.62. The van der Waals surface area contributed by atoms with Crippen LogP contribution in [0.15, 0.2) is 99.3 Å². The van der Waals surface area contributed by atoms with Crippen molar-refractivity contribution in [1.82, 2.24) is 4.98 Å². The van der Waals surface area contributed by atoms with Gasteiger partial charge in [-0.05, 0) is 60.4 Å². The number of nitrogens with zero attached hydrogens (tertiary/aromatic N) is 2. The molecule has 2 aromatic heterocycles. The lowest BCUT2D eigenvalue weighted by molar-refractivity contribution is -0.118. The number of hydrogen-bond acceptors (Lipinski definition) is 7. The lowest BCUT2D eigenvalue weighted by Gasteiger charge is -2.44. The molecule has 7 rings (SSSR count). The number of fused-ring (bicyclic) bond motifs is 3. The van der Waals surface area contributed by atoms with Crippen molar-refractivity contribution in [2.24, 2.45) is 5.41 Å². The molecule has 1 aliphatic heterocycles. The standard InChI is InChI=1S/C34H28N2O5/c1-34(2)17-25-29(26(37)18-34)28(30-31(38)22-9-5-7-11-27(22)41-33(30)39)23-16-19-8-4-6-10-24(19)35-32(23)36(25)20-12-14-21(40-3)15-13-20/h4-16,28,38H,17-18H2,1-3H3/t28-/m0/s1. The first-order valence-corrected chi connectivity index (χ1v) is 13.6.